The van der Waals surface area contributed by atoms with Gasteiger partial charge in [-0.15, -0.1) is 11.8 Å². The smallest absolute Gasteiger partial charge is 0.267 e. The Bertz CT molecular complexity index is 837. The molecule has 4 rings (SSSR count). The molecule has 2 aliphatic heterocycles. The molecule has 2 aromatic carbocycles. The zero-order valence-electron chi connectivity index (χ0n) is 15.5. The van der Waals surface area contributed by atoms with E-state index in [2.05, 4.69) is 0 Å². The Balaban J connectivity index is 1.26. The Kier molecular flexibility index (Phi) is 5.71. The van der Waals surface area contributed by atoms with Gasteiger partial charge in [-0.3, -0.25) is 9.59 Å². The molecule has 2 heterocycles. The van der Waals surface area contributed by atoms with Crippen molar-refractivity contribution in [3.8, 4) is 11.5 Å². The fraction of sp³-hybridized carbons (Fsp3) is 0.333. The van der Waals surface area contributed by atoms with Gasteiger partial charge in [0.1, 0.15) is 6.61 Å². The van der Waals surface area contributed by atoms with E-state index < -0.39 is 6.10 Å². The molecule has 1 atom stereocenters. The van der Waals surface area contributed by atoms with Gasteiger partial charge in [-0.05, 0) is 24.3 Å². The van der Waals surface area contributed by atoms with Crippen LogP contribution >= 0.6 is 11.8 Å². The van der Waals surface area contributed by atoms with Gasteiger partial charge >= 0.3 is 0 Å². The molecule has 2 aliphatic rings. The number of benzene rings is 2. The Morgan fingerprint density at radius 3 is 2.29 bits per heavy atom. The van der Waals surface area contributed by atoms with E-state index >= 15 is 0 Å². The lowest BCUT2D eigenvalue weighted by Gasteiger charge is -2.37. The van der Waals surface area contributed by atoms with Crippen LogP contribution in [-0.2, 0) is 9.59 Å². The van der Waals surface area contributed by atoms with Crippen LogP contribution in [-0.4, -0.2) is 66.3 Å². The third-order valence-corrected chi connectivity index (χ3v) is 5.83. The first-order valence-electron chi connectivity index (χ1n) is 9.33. The third kappa shape index (κ3) is 4.25. The van der Waals surface area contributed by atoms with Crippen LogP contribution in [0.5, 0.6) is 11.5 Å². The summed E-state index contributed by atoms with van der Waals surface area (Å²) in [6, 6.07) is 17.2. The van der Waals surface area contributed by atoms with Gasteiger partial charge < -0.3 is 19.3 Å². The van der Waals surface area contributed by atoms with Crippen LogP contribution in [0.1, 0.15) is 0 Å². The van der Waals surface area contributed by atoms with Gasteiger partial charge in [-0.2, -0.15) is 0 Å². The highest BCUT2D eigenvalue weighted by Crippen LogP contribution is 2.31. The molecule has 0 bridgehead atoms. The third-order valence-electron chi connectivity index (χ3n) is 4.83. The number of hydrogen-bond donors (Lipinski definition) is 0. The molecule has 7 heteroatoms. The van der Waals surface area contributed by atoms with Gasteiger partial charge in [0.25, 0.3) is 5.91 Å². The van der Waals surface area contributed by atoms with Crippen LogP contribution in [0.25, 0.3) is 0 Å². The zero-order valence-corrected chi connectivity index (χ0v) is 16.3. The summed E-state index contributed by atoms with van der Waals surface area (Å²) in [5.74, 6) is 1.69. The first-order chi connectivity index (χ1) is 13.7. The topological polar surface area (TPSA) is 59.1 Å². The predicted octanol–water partition coefficient (Wildman–Crippen LogP) is 2.29. The highest BCUT2D eigenvalue weighted by Gasteiger charge is 2.33. The maximum Gasteiger partial charge on any atom is 0.267 e. The minimum Gasteiger partial charge on any atom is -0.485 e. The van der Waals surface area contributed by atoms with Gasteiger partial charge in [0.05, 0.1) is 5.75 Å². The van der Waals surface area contributed by atoms with Crippen molar-refractivity contribution in [1.82, 2.24) is 9.80 Å². The van der Waals surface area contributed by atoms with Crippen molar-refractivity contribution in [3.63, 3.8) is 0 Å². The molecule has 1 fully saturated rings. The van der Waals surface area contributed by atoms with Crippen LogP contribution < -0.4 is 9.47 Å². The quantitative estimate of drug-likeness (QED) is 0.740. The van der Waals surface area contributed by atoms with Crippen LogP contribution in [0.2, 0.25) is 0 Å². The van der Waals surface area contributed by atoms with E-state index in [1.165, 1.54) is 11.8 Å². The summed E-state index contributed by atoms with van der Waals surface area (Å²) in [5, 5.41) is 0. The number of piperazine rings is 1. The van der Waals surface area contributed by atoms with Crippen LogP contribution in [0.3, 0.4) is 0 Å². The van der Waals surface area contributed by atoms with Crippen molar-refractivity contribution in [2.75, 3.05) is 38.5 Å². The SMILES string of the molecule is O=C(CSc1ccccc1)N1CCN(C(=O)[C@@H]2COc3ccccc3O2)CC1. The summed E-state index contributed by atoms with van der Waals surface area (Å²) in [6.07, 6.45) is -0.634. The fourth-order valence-corrected chi connectivity index (χ4v) is 4.10. The Morgan fingerprint density at radius 1 is 0.893 bits per heavy atom. The van der Waals surface area contributed by atoms with Crippen molar-refractivity contribution in [2.24, 2.45) is 0 Å². The molecule has 0 spiro atoms. The number of thioether (sulfide) groups is 1. The van der Waals surface area contributed by atoms with Gasteiger partial charge in [-0.25, -0.2) is 0 Å². The second-order valence-corrected chi connectivity index (χ2v) is 7.72. The Morgan fingerprint density at radius 2 is 1.54 bits per heavy atom. The number of fused-ring (bicyclic) bond motifs is 1. The number of hydrogen-bond acceptors (Lipinski definition) is 5. The number of rotatable bonds is 4. The minimum absolute atomic E-state index is 0.0831. The van der Waals surface area contributed by atoms with E-state index in [-0.39, 0.29) is 18.4 Å². The van der Waals surface area contributed by atoms with E-state index in [9.17, 15) is 9.59 Å². The van der Waals surface area contributed by atoms with Gasteiger partial charge in [-0.1, -0.05) is 30.3 Å². The van der Waals surface area contributed by atoms with E-state index in [0.717, 1.165) is 4.90 Å². The average Bonchev–Trinajstić information content (AvgIpc) is 2.77. The second kappa shape index (κ2) is 8.56. The molecule has 146 valence electrons. The van der Waals surface area contributed by atoms with Crippen molar-refractivity contribution >= 4 is 23.6 Å². The highest BCUT2D eigenvalue weighted by atomic mass is 32.2. The predicted molar refractivity (Wildman–Crippen MR) is 107 cm³/mol. The lowest BCUT2D eigenvalue weighted by atomic mass is 10.2. The summed E-state index contributed by atoms with van der Waals surface area (Å²) in [6.45, 7) is 2.33. The lowest BCUT2D eigenvalue weighted by molar-refractivity contribution is -0.145. The molecular weight excluding hydrogens is 376 g/mol. The Labute approximate surface area is 168 Å². The van der Waals surface area contributed by atoms with E-state index in [1.54, 1.807) is 11.0 Å². The van der Waals surface area contributed by atoms with Gasteiger partial charge in [0.15, 0.2) is 11.5 Å². The summed E-state index contributed by atoms with van der Waals surface area (Å²) >= 11 is 1.54. The monoisotopic (exact) mass is 398 g/mol. The van der Waals surface area contributed by atoms with E-state index in [0.29, 0.717) is 43.4 Å². The van der Waals surface area contributed by atoms with E-state index in [1.807, 2.05) is 53.4 Å². The molecule has 2 aromatic rings. The number of para-hydroxylation sites is 2. The zero-order chi connectivity index (χ0) is 19.3. The minimum atomic E-state index is -0.634. The molecule has 0 N–H and O–H groups in total. The standard InChI is InChI=1S/C21H22N2O4S/c24-20(15-28-16-6-2-1-3-7-16)22-10-12-23(13-11-22)21(25)19-14-26-17-8-4-5-9-18(17)27-19/h1-9,19H,10-15H2/t19-/m0/s1. The largest absolute Gasteiger partial charge is 0.485 e. The highest BCUT2D eigenvalue weighted by molar-refractivity contribution is 8.00. The molecule has 0 saturated carbocycles. The molecule has 6 nitrogen and oxygen atoms in total. The maximum absolute atomic E-state index is 12.8. The first-order valence-corrected chi connectivity index (χ1v) is 10.3. The van der Waals surface area contributed by atoms with E-state index in [4.69, 9.17) is 9.47 Å². The average molecular weight is 398 g/mol. The summed E-state index contributed by atoms with van der Waals surface area (Å²) in [5.41, 5.74) is 0. The number of amides is 2. The Hall–Kier alpha value is -2.67. The number of carbonyl (C=O) groups excluding carboxylic acids is 2. The second-order valence-electron chi connectivity index (χ2n) is 6.67. The van der Waals surface area contributed by atoms with Crippen LogP contribution in [0.4, 0.5) is 0 Å². The number of carbonyl (C=O) groups is 2. The maximum atomic E-state index is 12.8. The normalized spacial score (nSPS) is 18.6. The van der Waals surface area contributed by atoms with Crippen molar-refractivity contribution < 1.29 is 19.1 Å². The summed E-state index contributed by atoms with van der Waals surface area (Å²) < 4.78 is 11.5. The van der Waals surface area contributed by atoms with Crippen molar-refractivity contribution in [2.45, 2.75) is 11.0 Å². The molecule has 0 radical (unpaired) electrons. The summed E-state index contributed by atoms with van der Waals surface area (Å²) in [4.78, 5) is 29.9. The van der Waals surface area contributed by atoms with Crippen molar-refractivity contribution in [1.29, 1.82) is 0 Å². The molecule has 1 saturated heterocycles. The van der Waals surface area contributed by atoms with Crippen LogP contribution in [0, 0.1) is 0 Å². The molecule has 2 amide bonds. The molecule has 0 aliphatic carbocycles. The number of nitrogens with zero attached hydrogens (tertiary/aromatic N) is 2. The summed E-state index contributed by atoms with van der Waals surface area (Å²) in [7, 11) is 0. The van der Waals surface area contributed by atoms with Gasteiger partial charge in [0, 0.05) is 31.1 Å². The van der Waals surface area contributed by atoms with Gasteiger partial charge in [0.2, 0.25) is 12.0 Å². The molecular formula is C21H22N2O4S. The van der Waals surface area contributed by atoms with Crippen molar-refractivity contribution in [3.05, 3.63) is 54.6 Å². The number of ether oxygens (including phenoxy) is 2. The first kappa shape index (κ1) is 18.7. The molecule has 0 unspecified atom stereocenters. The lowest BCUT2D eigenvalue weighted by Crippen LogP contribution is -2.55. The fourth-order valence-electron chi connectivity index (χ4n) is 3.27. The molecule has 0 aromatic heterocycles. The molecule has 28 heavy (non-hydrogen) atoms. The van der Waals surface area contributed by atoms with Crippen LogP contribution in [0.15, 0.2) is 59.5 Å².